The Kier molecular flexibility index (Phi) is 4.85. The van der Waals surface area contributed by atoms with E-state index in [4.69, 9.17) is 4.84 Å². The summed E-state index contributed by atoms with van der Waals surface area (Å²) in [5.74, 6) is -2.87. The minimum atomic E-state index is -0.977. The van der Waals surface area contributed by atoms with Crippen molar-refractivity contribution in [2.75, 3.05) is 11.9 Å². The van der Waals surface area contributed by atoms with Gasteiger partial charge >= 0.3 is 5.97 Å². The maximum Gasteiger partial charge on any atom is 0.364 e. The lowest BCUT2D eigenvalue weighted by atomic mass is 10.1. The number of rotatable bonds is 4. The second-order valence-corrected chi connectivity index (χ2v) is 6.57. The second-order valence-electron chi connectivity index (χ2n) is 6.57. The van der Waals surface area contributed by atoms with Crippen LogP contribution >= 0.6 is 0 Å². The van der Waals surface area contributed by atoms with E-state index in [1.165, 1.54) is 29.2 Å². The van der Waals surface area contributed by atoms with Crippen molar-refractivity contribution in [3.8, 4) is 0 Å². The minimum Gasteiger partial charge on any atom is -0.324 e. The van der Waals surface area contributed by atoms with Crippen LogP contribution < -0.4 is 4.90 Å². The van der Waals surface area contributed by atoms with Crippen LogP contribution in [-0.4, -0.2) is 35.8 Å². The lowest BCUT2D eigenvalue weighted by molar-refractivity contribution is -0.0585. The number of nitrogens with zero attached hydrogens (tertiary/aromatic N) is 2. The largest absolute Gasteiger partial charge is 0.364 e. The van der Waals surface area contributed by atoms with Crippen LogP contribution in [0, 0.1) is 0 Å². The van der Waals surface area contributed by atoms with Gasteiger partial charge in [-0.2, -0.15) is 0 Å². The van der Waals surface area contributed by atoms with Crippen molar-refractivity contribution >= 4 is 29.4 Å². The summed E-state index contributed by atoms with van der Waals surface area (Å²) < 4.78 is 0. The number of hydrogen-bond acceptors (Lipinski definition) is 5. The third-order valence-electron chi connectivity index (χ3n) is 4.76. The Morgan fingerprint density at radius 1 is 0.733 bits per heavy atom. The molecule has 30 heavy (non-hydrogen) atoms. The van der Waals surface area contributed by atoms with Gasteiger partial charge < -0.3 is 9.74 Å². The maximum atomic E-state index is 13.0. The first kappa shape index (κ1) is 19.1. The average molecular weight is 400 g/mol. The SMILES string of the molecule is CN(C(=O)c1ccccc1C(=O)ON1C(=O)c2ccccc2C1=O)c1ccccc1. The van der Waals surface area contributed by atoms with Gasteiger partial charge in [-0.25, -0.2) is 4.79 Å². The highest BCUT2D eigenvalue weighted by Gasteiger charge is 2.39. The molecular weight excluding hydrogens is 384 g/mol. The summed E-state index contributed by atoms with van der Waals surface area (Å²) in [6, 6.07) is 21.2. The van der Waals surface area contributed by atoms with Gasteiger partial charge in [-0.1, -0.05) is 47.5 Å². The molecule has 0 saturated heterocycles. The van der Waals surface area contributed by atoms with Gasteiger partial charge in [0, 0.05) is 12.7 Å². The number of benzene rings is 3. The summed E-state index contributed by atoms with van der Waals surface area (Å²) in [4.78, 5) is 57.2. The highest BCUT2D eigenvalue weighted by molar-refractivity contribution is 6.21. The normalized spacial score (nSPS) is 12.5. The third-order valence-corrected chi connectivity index (χ3v) is 4.76. The molecule has 4 rings (SSSR count). The highest BCUT2D eigenvalue weighted by Crippen LogP contribution is 2.24. The molecule has 148 valence electrons. The first-order valence-corrected chi connectivity index (χ1v) is 9.11. The second kappa shape index (κ2) is 7.63. The summed E-state index contributed by atoms with van der Waals surface area (Å²) in [5, 5.41) is 0.426. The van der Waals surface area contributed by atoms with Gasteiger partial charge in [-0.05, 0) is 36.4 Å². The van der Waals surface area contributed by atoms with E-state index in [1.807, 2.05) is 6.07 Å². The Morgan fingerprint density at radius 3 is 1.83 bits per heavy atom. The van der Waals surface area contributed by atoms with E-state index in [0.717, 1.165) is 0 Å². The maximum absolute atomic E-state index is 13.0. The van der Waals surface area contributed by atoms with E-state index in [1.54, 1.807) is 55.6 Å². The standard InChI is InChI=1S/C23H16N2O5/c1-24(15-9-3-2-4-10-15)20(26)18-13-7-8-14-19(18)23(29)30-25-21(27)16-11-5-6-12-17(16)22(25)28/h2-14H,1H3. The molecule has 1 aliphatic rings. The van der Waals surface area contributed by atoms with Gasteiger partial charge in [-0.3, -0.25) is 14.4 Å². The molecule has 3 amide bonds. The summed E-state index contributed by atoms with van der Waals surface area (Å²) in [7, 11) is 1.59. The van der Waals surface area contributed by atoms with Crippen LogP contribution in [0.5, 0.6) is 0 Å². The molecule has 0 atom stereocenters. The Hall–Kier alpha value is -4.26. The number of hydrogen-bond donors (Lipinski definition) is 0. The molecule has 3 aromatic carbocycles. The first-order chi connectivity index (χ1) is 14.5. The molecular formula is C23H16N2O5. The van der Waals surface area contributed by atoms with Crippen molar-refractivity contribution in [3.63, 3.8) is 0 Å². The highest BCUT2D eigenvalue weighted by atomic mass is 16.7. The van der Waals surface area contributed by atoms with Crippen molar-refractivity contribution in [1.82, 2.24) is 5.06 Å². The minimum absolute atomic E-state index is 0.0539. The number of anilines is 1. The summed E-state index contributed by atoms with van der Waals surface area (Å²) in [6.45, 7) is 0. The van der Waals surface area contributed by atoms with Gasteiger partial charge in [0.15, 0.2) is 0 Å². The zero-order valence-electron chi connectivity index (χ0n) is 15.9. The lowest BCUT2D eigenvalue weighted by Gasteiger charge is -2.19. The van der Waals surface area contributed by atoms with Crippen LogP contribution in [0.3, 0.4) is 0 Å². The van der Waals surface area contributed by atoms with Crippen molar-refractivity contribution < 1.29 is 24.0 Å². The first-order valence-electron chi connectivity index (χ1n) is 9.11. The molecule has 3 aromatic rings. The lowest BCUT2D eigenvalue weighted by Crippen LogP contribution is -2.34. The van der Waals surface area contributed by atoms with Gasteiger partial charge in [0.25, 0.3) is 17.7 Å². The van der Waals surface area contributed by atoms with E-state index >= 15 is 0 Å². The molecule has 0 aromatic heterocycles. The van der Waals surface area contributed by atoms with Gasteiger partial charge in [0.05, 0.1) is 22.3 Å². The predicted octanol–water partition coefficient (Wildman–Crippen LogP) is 3.33. The van der Waals surface area contributed by atoms with Crippen LogP contribution in [-0.2, 0) is 4.84 Å². The predicted molar refractivity (Wildman–Crippen MR) is 108 cm³/mol. The Bertz CT molecular complexity index is 1140. The molecule has 0 saturated carbocycles. The van der Waals surface area contributed by atoms with Gasteiger partial charge in [-0.15, -0.1) is 0 Å². The Labute approximate surface area is 172 Å². The molecule has 1 aliphatic heterocycles. The number of imide groups is 1. The van der Waals surface area contributed by atoms with Crippen LogP contribution in [0.25, 0.3) is 0 Å². The van der Waals surface area contributed by atoms with Crippen molar-refractivity contribution in [1.29, 1.82) is 0 Å². The topological polar surface area (TPSA) is 84.0 Å². The van der Waals surface area contributed by atoms with Crippen molar-refractivity contribution in [3.05, 3.63) is 101 Å². The molecule has 0 aliphatic carbocycles. The molecule has 0 radical (unpaired) electrons. The molecule has 0 spiro atoms. The summed E-state index contributed by atoms with van der Waals surface area (Å²) >= 11 is 0. The number of fused-ring (bicyclic) bond motifs is 1. The fraction of sp³-hybridized carbons (Fsp3) is 0.0435. The van der Waals surface area contributed by atoms with Crippen LogP contribution in [0.15, 0.2) is 78.9 Å². The fourth-order valence-corrected chi connectivity index (χ4v) is 3.18. The van der Waals surface area contributed by atoms with Gasteiger partial charge in [0.1, 0.15) is 0 Å². The molecule has 0 N–H and O–H groups in total. The quantitative estimate of drug-likeness (QED) is 0.627. The van der Waals surface area contributed by atoms with Crippen LogP contribution in [0.1, 0.15) is 41.4 Å². The van der Waals surface area contributed by atoms with E-state index in [2.05, 4.69) is 0 Å². The number of para-hydroxylation sites is 1. The molecule has 7 nitrogen and oxygen atoms in total. The number of carbonyl (C=O) groups excluding carboxylic acids is 4. The fourth-order valence-electron chi connectivity index (χ4n) is 3.18. The number of carbonyl (C=O) groups is 4. The van der Waals surface area contributed by atoms with Crippen LogP contribution in [0.4, 0.5) is 5.69 Å². The summed E-state index contributed by atoms with van der Waals surface area (Å²) in [5.41, 5.74) is 0.991. The average Bonchev–Trinajstić information content (AvgIpc) is 3.03. The van der Waals surface area contributed by atoms with E-state index in [-0.39, 0.29) is 22.3 Å². The smallest absolute Gasteiger partial charge is 0.324 e. The Balaban J connectivity index is 1.60. The van der Waals surface area contributed by atoms with E-state index in [9.17, 15) is 19.2 Å². The molecule has 0 bridgehead atoms. The van der Waals surface area contributed by atoms with Crippen LogP contribution in [0.2, 0.25) is 0 Å². The molecule has 0 fully saturated rings. The molecule has 0 unspecified atom stereocenters. The number of hydroxylamine groups is 2. The number of amides is 3. The zero-order valence-corrected chi connectivity index (χ0v) is 15.9. The van der Waals surface area contributed by atoms with E-state index < -0.39 is 23.7 Å². The van der Waals surface area contributed by atoms with Crippen molar-refractivity contribution in [2.24, 2.45) is 0 Å². The van der Waals surface area contributed by atoms with Gasteiger partial charge in [0.2, 0.25) is 0 Å². The zero-order chi connectivity index (χ0) is 21.3. The van der Waals surface area contributed by atoms with E-state index in [0.29, 0.717) is 10.8 Å². The van der Waals surface area contributed by atoms with Crippen molar-refractivity contribution in [2.45, 2.75) is 0 Å². The molecule has 7 heteroatoms. The summed E-state index contributed by atoms with van der Waals surface area (Å²) in [6.07, 6.45) is 0. The molecule has 1 heterocycles. The Morgan fingerprint density at radius 2 is 1.23 bits per heavy atom. The third kappa shape index (κ3) is 3.22. The monoisotopic (exact) mass is 400 g/mol.